The van der Waals surface area contributed by atoms with E-state index < -0.39 is 50.6 Å². The minimum atomic E-state index is -4.49. The maximum Gasteiger partial charge on any atom is 0.433 e. The van der Waals surface area contributed by atoms with Gasteiger partial charge in [0.2, 0.25) is 6.19 Å². The van der Waals surface area contributed by atoms with Gasteiger partial charge in [-0.25, -0.2) is 4.21 Å². The summed E-state index contributed by atoms with van der Waals surface area (Å²) in [6.07, 6.45) is -7.23. The number of nitrogens with one attached hydrogen (secondary N) is 1. The van der Waals surface area contributed by atoms with E-state index in [0.29, 0.717) is 41.0 Å². The van der Waals surface area contributed by atoms with Crippen LogP contribution in [0.1, 0.15) is 74.1 Å². The summed E-state index contributed by atoms with van der Waals surface area (Å²) in [4.78, 5) is 9.83. The predicted octanol–water partition coefficient (Wildman–Crippen LogP) is 10.3. The van der Waals surface area contributed by atoms with Crippen molar-refractivity contribution in [1.29, 1.82) is 10.7 Å². The van der Waals surface area contributed by atoms with Gasteiger partial charge in [-0.1, -0.05) is 52.2 Å². The number of hydrogen-bond donors (Lipinski definition) is 2. The van der Waals surface area contributed by atoms with Gasteiger partial charge in [-0.05, 0) is 47.7 Å². The summed E-state index contributed by atoms with van der Waals surface area (Å²) in [7, 11) is -2.70. The van der Waals surface area contributed by atoms with Crippen molar-refractivity contribution in [2.45, 2.75) is 70.5 Å². The summed E-state index contributed by atoms with van der Waals surface area (Å²) >= 11 is 6.41. The van der Waals surface area contributed by atoms with Gasteiger partial charge in [-0.3, -0.25) is 20.4 Å². The molecule has 1 aliphatic rings. The fraction of sp³-hybridized carbons (Fsp3) is 0.414. The number of hydrogen-bond acceptors (Lipinski definition) is 8. The second-order valence-electron chi connectivity index (χ2n) is 9.08. The van der Waals surface area contributed by atoms with Gasteiger partial charge in [-0.15, -0.1) is 28.4 Å². The number of rotatable bonds is 4. The van der Waals surface area contributed by atoms with E-state index >= 15 is 0 Å². The molecule has 1 saturated heterocycles. The van der Waals surface area contributed by atoms with Gasteiger partial charge < -0.3 is 5.73 Å². The third kappa shape index (κ3) is 16.1. The molecule has 4 heterocycles. The lowest BCUT2D eigenvalue weighted by molar-refractivity contribution is -0.142. The molecule has 0 radical (unpaired) electrons. The fourth-order valence-corrected chi connectivity index (χ4v) is 6.61. The molecule has 3 N–H and O–H groups in total. The Labute approximate surface area is 300 Å². The molecule has 0 saturated carbocycles. The van der Waals surface area contributed by atoms with Gasteiger partial charge >= 0.3 is 18.5 Å². The van der Waals surface area contributed by atoms with Crippen LogP contribution in [0.3, 0.4) is 0 Å². The first-order chi connectivity index (χ1) is 21.3. The second-order valence-corrected chi connectivity index (χ2v) is 12.9. The fourth-order valence-electron chi connectivity index (χ4n) is 3.63. The van der Waals surface area contributed by atoms with Crippen LogP contribution in [0.15, 0.2) is 59.4 Å². The van der Waals surface area contributed by atoms with Crippen LogP contribution >= 0.6 is 35.8 Å². The predicted molar refractivity (Wildman–Crippen MR) is 181 cm³/mol. The number of alkyl halides is 10. The molecule has 3 aromatic rings. The van der Waals surface area contributed by atoms with E-state index in [4.69, 9.17) is 28.0 Å². The zero-order valence-electron chi connectivity index (χ0n) is 23.5. The van der Waals surface area contributed by atoms with Crippen molar-refractivity contribution in [2.24, 2.45) is 10.1 Å². The molecule has 0 aliphatic carbocycles. The second kappa shape index (κ2) is 21.8. The number of thioether (sulfide) groups is 1. The lowest BCUT2D eigenvalue weighted by atomic mass is 10.1. The van der Waals surface area contributed by atoms with E-state index in [1.807, 2.05) is 0 Å². The van der Waals surface area contributed by atoms with Crippen LogP contribution in [0, 0.1) is 16.9 Å². The Morgan fingerprint density at radius 2 is 1.32 bits per heavy atom. The minimum absolute atomic E-state index is 0. The highest BCUT2D eigenvalue weighted by Gasteiger charge is 2.35. The van der Waals surface area contributed by atoms with Crippen LogP contribution in [0.2, 0.25) is 0 Å². The van der Waals surface area contributed by atoms with Crippen molar-refractivity contribution in [3.05, 3.63) is 88.8 Å². The summed E-state index contributed by atoms with van der Waals surface area (Å²) in [5.41, 5.74) is 3.90. The number of pyridine rings is 3. The number of nitrogens with zero attached hydrogens (tertiary/aromatic N) is 5. The molecule has 0 aromatic carbocycles. The first-order valence-corrected chi connectivity index (χ1v) is 15.8. The smallest absolute Gasteiger partial charge is 0.379 e. The van der Waals surface area contributed by atoms with Crippen molar-refractivity contribution < 1.29 is 43.7 Å². The van der Waals surface area contributed by atoms with Gasteiger partial charge in [-0.2, -0.15) is 44.8 Å². The molecule has 4 rings (SSSR count). The zero-order chi connectivity index (χ0) is 34.8. The zero-order valence-corrected chi connectivity index (χ0v) is 26.7. The molecule has 21 heteroatoms. The molecule has 3 aromatic heterocycles. The van der Waals surface area contributed by atoms with E-state index in [-0.39, 0.29) is 45.7 Å². The van der Waals surface area contributed by atoms with E-state index in [0.717, 1.165) is 48.6 Å². The Morgan fingerprint density at radius 3 is 1.66 bits per heavy atom. The van der Waals surface area contributed by atoms with E-state index in [1.54, 1.807) is 0 Å². The van der Waals surface area contributed by atoms with Crippen molar-refractivity contribution in [3.8, 4) is 6.19 Å². The highest BCUT2D eigenvalue weighted by atomic mass is 35.5. The SMILES string of the molecule is C.C.C.Cl.FC(F)(F)c1ccc(CCl)cn1.N#CN=S1(=O)CCCC1c1ccc(C(F)(F)F)nc1.N=C(N)SCc1ccc(C(F)(F)F)nc1. The Bertz CT molecular complexity index is 1610. The normalized spacial score (nSPS) is 16.5. The van der Waals surface area contributed by atoms with E-state index in [9.17, 15) is 43.7 Å². The van der Waals surface area contributed by atoms with Crippen LogP contribution in [0.5, 0.6) is 0 Å². The van der Waals surface area contributed by atoms with Gasteiger partial charge in [0.05, 0.1) is 15.0 Å². The van der Waals surface area contributed by atoms with E-state index in [2.05, 4.69) is 19.3 Å². The van der Waals surface area contributed by atoms with Crippen molar-refractivity contribution in [3.63, 3.8) is 0 Å². The van der Waals surface area contributed by atoms with Gasteiger partial charge in [0.1, 0.15) is 17.1 Å². The summed E-state index contributed by atoms with van der Waals surface area (Å²) in [5, 5.41) is 14.9. The maximum absolute atomic E-state index is 12.4. The summed E-state index contributed by atoms with van der Waals surface area (Å²) in [6, 6.07) is 6.58. The van der Waals surface area contributed by atoms with Gasteiger partial charge in [0, 0.05) is 36.0 Å². The van der Waals surface area contributed by atoms with Crippen LogP contribution in [0.4, 0.5) is 39.5 Å². The highest BCUT2D eigenvalue weighted by Crippen LogP contribution is 2.37. The maximum atomic E-state index is 12.4. The molecule has 0 spiro atoms. The Morgan fingerprint density at radius 1 is 0.880 bits per heavy atom. The van der Waals surface area contributed by atoms with Crippen molar-refractivity contribution >= 4 is 50.7 Å². The molecule has 8 nitrogen and oxygen atoms in total. The average Bonchev–Trinajstić information content (AvgIpc) is 3.36. The topological polar surface area (TPSA) is 142 Å². The van der Waals surface area contributed by atoms with Crippen LogP contribution < -0.4 is 5.73 Å². The lowest BCUT2D eigenvalue weighted by Crippen LogP contribution is -2.11. The molecule has 1 fully saturated rings. The molecule has 0 amide bonds. The van der Waals surface area contributed by atoms with E-state index in [1.165, 1.54) is 24.4 Å². The van der Waals surface area contributed by atoms with Crippen molar-refractivity contribution in [2.75, 3.05) is 5.75 Å². The van der Waals surface area contributed by atoms with Crippen LogP contribution in [-0.2, 0) is 39.9 Å². The Kier molecular flexibility index (Phi) is 22.2. The van der Waals surface area contributed by atoms with Gasteiger partial charge in [0.25, 0.3) is 0 Å². The Balaban J connectivity index is -0.000000653. The lowest BCUT2D eigenvalue weighted by Gasteiger charge is -2.13. The summed E-state index contributed by atoms with van der Waals surface area (Å²) in [6.45, 7) is 0. The minimum Gasteiger partial charge on any atom is -0.379 e. The summed E-state index contributed by atoms with van der Waals surface area (Å²) in [5.74, 6) is 0.817. The summed E-state index contributed by atoms with van der Waals surface area (Å²) < 4.78 is 125. The third-order valence-electron chi connectivity index (χ3n) is 5.77. The number of halogens is 11. The van der Waals surface area contributed by atoms with Crippen LogP contribution in [-0.4, -0.2) is 30.1 Å². The highest BCUT2D eigenvalue weighted by molar-refractivity contribution is 8.13. The first kappa shape index (κ1) is 51.0. The number of nitrogens with two attached hydrogens (primary N) is 1. The molecule has 2 atom stereocenters. The number of aromatic nitrogens is 3. The molecule has 50 heavy (non-hydrogen) atoms. The Hall–Kier alpha value is -3.34. The monoisotopic (exact) mass is 803 g/mol. The molecule has 0 bridgehead atoms. The molecular formula is C29H36Cl2F9N7OS2. The number of nitriles is 1. The molecule has 2 unspecified atom stereocenters. The number of amidine groups is 1. The third-order valence-corrected chi connectivity index (χ3v) is 9.53. The molecule has 1 aliphatic heterocycles. The van der Waals surface area contributed by atoms with Crippen LogP contribution in [0.25, 0.3) is 0 Å². The van der Waals surface area contributed by atoms with Gasteiger partial charge in [0.15, 0.2) is 5.17 Å². The van der Waals surface area contributed by atoms with Crippen molar-refractivity contribution in [1.82, 2.24) is 15.0 Å². The standard InChI is InChI=1S/C11H10F3N3OS.C8H8F3N3S.C7H5ClF3N.3CH4.ClH/c12-11(13,14)10-4-3-8(6-16-10)9-2-1-5-19(9,18)17-7-15;9-8(10,11)6-2-1-5(3-14-6)4-15-7(12)13;8-3-5-1-2-6(12-4-5)7(9,10)11;;;;/h3-4,6,9H,1-2,5H2;1-3H,4H2,(H3,12,13);1-2,4H,3H2;3*1H4;1H. The average molecular weight is 805 g/mol. The largest absolute Gasteiger partial charge is 0.433 e. The molecule has 282 valence electrons. The first-order valence-electron chi connectivity index (χ1n) is 12.5. The molecular weight excluding hydrogens is 768 g/mol. The quantitative estimate of drug-likeness (QED) is 0.0879.